The van der Waals surface area contributed by atoms with Crippen LogP contribution in [0.1, 0.15) is 18.4 Å². The zero-order valence-corrected chi connectivity index (χ0v) is 11.6. The molecule has 2 aliphatic rings. The molecule has 0 saturated carbocycles. The molecule has 3 rings (SSSR count). The standard InChI is InChI=1S/C16H21NO3/c18-12-13-10-17(11-13)15(19)16(6-8-20-9-7-16)14-4-2-1-3-5-14/h1-5,13,18H,6-12H2. The van der Waals surface area contributed by atoms with E-state index in [0.717, 1.165) is 18.4 Å². The largest absolute Gasteiger partial charge is 0.396 e. The summed E-state index contributed by atoms with van der Waals surface area (Å²) in [6.07, 6.45) is 1.49. The molecule has 2 heterocycles. The second kappa shape index (κ2) is 5.54. The van der Waals surface area contributed by atoms with Crippen LogP contribution in [-0.2, 0) is 14.9 Å². The highest BCUT2D eigenvalue weighted by Crippen LogP contribution is 2.38. The summed E-state index contributed by atoms with van der Waals surface area (Å²) in [6.45, 7) is 2.82. The Kier molecular flexibility index (Phi) is 3.76. The molecule has 1 aromatic rings. The smallest absolute Gasteiger partial charge is 0.233 e. The molecule has 4 heteroatoms. The molecule has 1 amide bonds. The topological polar surface area (TPSA) is 49.8 Å². The van der Waals surface area contributed by atoms with E-state index in [1.165, 1.54) is 0 Å². The average molecular weight is 275 g/mol. The number of benzene rings is 1. The van der Waals surface area contributed by atoms with Gasteiger partial charge in [-0.25, -0.2) is 0 Å². The van der Waals surface area contributed by atoms with Crippen molar-refractivity contribution in [3.63, 3.8) is 0 Å². The highest BCUT2D eigenvalue weighted by atomic mass is 16.5. The molecule has 0 unspecified atom stereocenters. The monoisotopic (exact) mass is 275 g/mol. The minimum absolute atomic E-state index is 0.172. The lowest BCUT2D eigenvalue weighted by Crippen LogP contribution is -2.58. The third-order valence-electron chi connectivity index (χ3n) is 4.58. The Morgan fingerprint density at radius 2 is 1.90 bits per heavy atom. The van der Waals surface area contributed by atoms with Crippen molar-refractivity contribution in [2.75, 3.05) is 32.9 Å². The number of aliphatic hydroxyl groups is 1. The van der Waals surface area contributed by atoms with Crippen LogP contribution in [0.25, 0.3) is 0 Å². The summed E-state index contributed by atoms with van der Waals surface area (Å²) < 4.78 is 5.46. The van der Waals surface area contributed by atoms with Crippen LogP contribution in [0, 0.1) is 5.92 Å². The van der Waals surface area contributed by atoms with Crippen LogP contribution in [0.5, 0.6) is 0 Å². The van der Waals surface area contributed by atoms with Gasteiger partial charge in [0.05, 0.1) is 5.41 Å². The number of hydrogen-bond acceptors (Lipinski definition) is 3. The molecule has 1 aromatic carbocycles. The third kappa shape index (κ3) is 2.23. The van der Waals surface area contributed by atoms with E-state index in [0.29, 0.717) is 26.3 Å². The molecule has 0 atom stereocenters. The van der Waals surface area contributed by atoms with Crippen molar-refractivity contribution < 1.29 is 14.6 Å². The van der Waals surface area contributed by atoms with Gasteiger partial charge in [0.2, 0.25) is 5.91 Å². The summed E-state index contributed by atoms with van der Waals surface area (Å²) in [6, 6.07) is 10.1. The third-order valence-corrected chi connectivity index (χ3v) is 4.58. The van der Waals surface area contributed by atoms with E-state index < -0.39 is 5.41 Å². The van der Waals surface area contributed by atoms with E-state index >= 15 is 0 Å². The molecule has 0 spiro atoms. The second-order valence-corrected chi connectivity index (χ2v) is 5.82. The summed E-state index contributed by atoms with van der Waals surface area (Å²) in [7, 11) is 0. The van der Waals surface area contributed by atoms with Gasteiger partial charge in [-0.1, -0.05) is 30.3 Å². The molecule has 0 aromatic heterocycles. The van der Waals surface area contributed by atoms with E-state index in [2.05, 4.69) is 0 Å². The molecule has 20 heavy (non-hydrogen) atoms. The first-order valence-corrected chi connectivity index (χ1v) is 7.30. The van der Waals surface area contributed by atoms with E-state index in [9.17, 15) is 4.79 Å². The molecular weight excluding hydrogens is 254 g/mol. The summed E-state index contributed by atoms with van der Waals surface area (Å²) in [4.78, 5) is 14.8. The van der Waals surface area contributed by atoms with Gasteiger partial charge in [-0.05, 0) is 18.4 Å². The number of amides is 1. The summed E-state index contributed by atoms with van der Waals surface area (Å²) in [5, 5.41) is 9.12. The molecule has 2 aliphatic heterocycles. The molecule has 1 N–H and O–H groups in total. The number of nitrogens with zero attached hydrogens (tertiary/aromatic N) is 1. The van der Waals surface area contributed by atoms with Crippen LogP contribution in [0.2, 0.25) is 0 Å². The number of carbonyl (C=O) groups is 1. The fourth-order valence-electron chi connectivity index (χ4n) is 3.26. The quantitative estimate of drug-likeness (QED) is 0.901. The number of aliphatic hydroxyl groups excluding tert-OH is 1. The molecule has 0 bridgehead atoms. The Morgan fingerprint density at radius 1 is 1.25 bits per heavy atom. The van der Waals surface area contributed by atoms with Crippen molar-refractivity contribution in [3.05, 3.63) is 35.9 Å². The van der Waals surface area contributed by atoms with Gasteiger partial charge in [-0.2, -0.15) is 0 Å². The number of ether oxygens (including phenoxy) is 1. The van der Waals surface area contributed by atoms with Gasteiger partial charge < -0.3 is 14.7 Å². The highest BCUT2D eigenvalue weighted by Gasteiger charge is 2.46. The van der Waals surface area contributed by atoms with Gasteiger partial charge in [0.15, 0.2) is 0 Å². The van der Waals surface area contributed by atoms with E-state index in [1.807, 2.05) is 35.2 Å². The molecule has 0 radical (unpaired) electrons. The second-order valence-electron chi connectivity index (χ2n) is 5.82. The fourth-order valence-corrected chi connectivity index (χ4v) is 3.26. The van der Waals surface area contributed by atoms with Crippen LogP contribution in [0.15, 0.2) is 30.3 Å². The minimum atomic E-state index is -0.431. The summed E-state index contributed by atoms with van der Waals surface area (Å²) in [5.41, 5.74) is 0.667. The van der Waals surface area contributed by atoms with Gasteiger partial charge in [0, 0.05) is 38.8 Å². The van der Waals surface area contributed by atoms with Crippen molar-refractivity contribution in [2.45, 2.75) is 18.3 Å². The highest BCUT2D eigenvalue weighted by molar-refractivity contribution is 5.89. The first kappa shape index (κ1) is 13.6. The summed E-state index contributed by atoms with van der Waals surface area (Å²) >= 11 is 0. The zero-order chi connectivity index (χ0) is 14.0. The van der Waals surface area contributed by atoms with Gasteiger partial charge in [-0.15, -0.1) is 0 Å². The van der Waals surface area contributed by atoms with Crippen LogP contribution in [0.3, 0.4) is 0 Å². The fraction of sp³-hybridized carbons (Fsp3) is 0.562. The molecule has 0 aliphatic carbocycles. The number of likely N-dealkylation sites (tertiary alicyclic amines) is 1. The van der Waals surface area contributed by atoms with Crippen LogP contribution in [0.4, 0.5) is 0 Å². The van der Waals surface area contributed by atoms with Gasteiger partial charge in [-0.3, -0.25) is 4.79 Å². The average Bonchev–Trinajstić information content (AvgIpc) is 2.47. The minimum Gasteiger partial charge on any atom is -0.396 e. The maximum Gasteiger partial charge on any atom is 0.233 e. The van der Waals surface area contributed by atoms with Crippen molar-refractivity contribution in [1.29, 1.82) is 0 Å². The molecular formula is C16H21NO3. The van der Waals surface area contributed by atoms with Gasteiger partial charge in [0.25, 0.3) is 0 Å². The Labute approximate surface area is 119 Å². The van der Waals surface area contributed by atoms with E-state index in [1.54, 1.807) is 0 Å². The lowest BCUT2D eigenvalue weighted by atomic mass is 9.72. The lowest BCUT2D eigenvalue weighted by molar-refractivity contribution is -0.148. The molecule has 2 fully saturated rings. The number of rotatable bonds is 3. The molecule has 108 valence electrons. The van der Waals surface area contributed by atoms with Crippen molar-refractivity contribution in [1.82, 2.24) is 4.90 Å². The Balaban J connectivity index is 1.85. The van der Waals surface area contributed by atoms with Crippen LogP contribution >= 0.6 is 0 Å². The normalized spacial score (nSPS) is 22.4. The Hall–Kier alpha value is -1.39. The van der Waals surface area contributed by atoms with Crippen LogP contribution < -0.4 is 0 Å². The Morgan fingerprint density at radius 3 is 2.50 bits per heavy atom. The SMILES string of the molecule is O=C(N1CC(CO)C1)C1(c2ccccc2)CCOCC1. The first-order valence-electron chi connectivity index (χ1n) is 7.30. The van der Waals surface area contributed by atoms with E-state index in [4.69, 9.17) is 9.84 Å². The maximum absolute atomic E-state index is 13.0. The Bertz CT molecular complexity index is 462. The zero-order valence-electron chi connectivity index (χ0n) is 11.6. The van der Waals surface area contributed by atoms with Crippen LogP contribution in [-0.4, -0.2) is 48.8 Å². The summed E-state index contributed by atoms with van der Waals surface area (Å²) in [5.74, 6) is 0.461. The number of carbonyl (C=O) groups excluding carboxylic acids is 1. The molecule has 2 saturated heterocycles. The maximum atomic E-state index is 13.0. The van der Waals surface area contributed by atoms with Gasteiger partial charge >= 0.3 is 0 Å². The van der Waals surface area contributed by atoms with Crippen molar-refractivity contribution in [3.8, 4) is 0 Å². The lowest BCUT2D eigenvalue weighted by Gasteiger charge is -2.46. The van der Waals surface area contributed by atoms with E-state index in [-0.39, 0.29) is 18.4 Å². The first-order chi connectivity index (χ1) is 9.76. The predicted molar refractivity (Wildman–Crippen MR) is 75.3 cm³/mol. The van der Waals surface area contributed by atoms with Crippen molar-refractivity contribution in [2.24, 2.45) is 5.92 Å². The van der Waals surface area contributed by atoms with Gasteiger partial charge in [0.1, 0.15) is 0 Å². The molecule has 4 nitrogen and oxygen atoms in total. The predicted octanol–water partition coefficient (Wildman–Crippen LogP) is 1.19. The van der Waals surface area contributed by atoms with Crippen molar-refractivity contribution >= 4 is 5.91 Å². The number of hydrogen-bond donors (Lipinski definition) is 1.